The molecule has 19 heavy (non-hydrogen) atoms. The Morgan fingerprint density at radius 2 is 1.79 bits per heavy atom. The summed E-state index contributed by atoms with van der Waals surface area (Å²) >= 11 is 12.1. The van der Waals surface area contributed by atoms with Crippen LogP contribution in [-0.2, 0) is 6.42 Å². The van der Waals surface area contributed by atoms with E-state index in [2.05, 4.69) is 30.0 Å². The van der Waals surface area contributed by atoms with Gasteiger partial charge in [-0.3, -0.25) is 0 Å². The zero-order valence-electron chi connectivity index (χ0n) is 10.5. The van der Waals surface area contributed by atoms with Gasteiger partial charge in [0.2, 0.25) is 0 Å². The number of halogens is 2. The average molecular weight is 293 g/mol. The third-order valence-electron chi connectivity index (χ3n) is 3.54. The number of hydrogen-bond donors (Lipinski definition) is 1. The molecule has 0 bridgehead atoms. The van der Waals surface area contributed by atoms with E-state index in [1.165, 1.54) is 11.3 Å². The molecule has 0 saturated heterocycles. The van der Waals surface area contributed by atoms with Crippen molar-refractivity contribution in [1.82, 2.24) is 0 Å². The normalized spacial score (nSPS) is 17.6. The second-order valence-corrected chi connectivity index (χ2v) is 5.69. The van der Waals surface area contributed by atoms with Gasteiger partial charge in [-0.2, -0.15) is 0 Å². The van der Waals surface area contributed by atoms with E-state index in [-0.39, 0.29) is 0 Å². The summed E-state index contributed by atoms with van der Waals surface area (Å²) in [7, 11) is 0. The van der Waals surface area contributed by atoms with Gasteiger partial charge in [0.1, 0.15) is 0 Å². The first-order valence-corrected chi connectivity index (χ1v) is 6.95. The molecule has 0 amide bonds. The Kier molecular flexibility index (Phi) is 3.08. The monoisotopic (exact) mass is 292 g/mol. The van der Waals surface area contributed by atoms with Gasteiger partial charge in [0.05, 0.1) is 21.4 Å². The number of nitrogens with two attached hydrogens (primary N) is 1. The molecule has 1 atom stereocenters. The van der Waals surface area contributed by atoms with E-state index in [4.69, 9.17) is 28.9 Å². The van der Waals surface area contributed by atoms with Crippen LogP contribution >= 0.6 is 23.2 Å². The molecule has 1 heterocycles. The molecule has 0 spiro atoms. The van der Waals surface area contributed by atoms with Gasteiger partial charge in [-0.05, 0) is 37.1 Å². The van der Waals surface area contributed by atoms with Crippen LogP contribution in [0, 0.1) is 0 Å². The van der Waals surface area contributed by atoms with Crippen molar-refractivity contribution in [2.75, 3.05) is 10.6 Å². The third-order valence-corrected chi connectivity index (χ3v) is 4.26. The first-order chi connectivity index (χ1) is 9.08. The van der Waals surface area contributed by atoms with Gasteiger partial charge in [0.25, 0.3) is 0 Å². The summed E-state index contributed by atoms with van der Waals surface area (Å²) in [6, 6.07) is 12.3. The van der Waals surface area contributed by atoms with Crippen LogP contribution in [0.1, 0.15) is 12.5 Å². The van der Waals surface area contributed by atoms with Crippen LogP contribution in [0.15, 0.2) is 36.4 Å². The summed E-state index contributed by atoms with van der Waals surface area (Å²) in [5, 5.41) is 1.02. The van der Waals surface area contributed by atoms with Gasteiger partial charge >= 0.3 is 0 Å². The molecular weight excluding hydrogens is 279 g/mol. The molecule has 3 rings (SSSR count). The molecule has 1 aliphatic heterocycles. The quantitative estimate of drug-likeness (QED) is 0.775. The van der Waals surface area contributed by atoms with Gasteiger partial charge < -0.3 is 10.6 Å². The highest BCUT2D eigenvalue weighted by molar-refractivity contribution is 6.42. The number of benzene rings is 2. The zero-order chi connectivity index (χ0) is 13.6. The molecule has 4 heteroatoms. The van der Waals surface area contributed by atoms with Crippen molar-refractivity contribution >= 4 is 40.3 Å². The zero-order valence-corrected chi connectivity index (χ0v) is 12.0. The number of fused-ring (bicyclic) bond motifs is 1. The Morgan fingerprint density at radius 1 is 1.11 bits per heavy atom. The van der Waals surface area contributed by atoms with Crippen molar-refractivity contribution in [3.63, 3.8) is 0 Å². The Balaban J connectivity index is 2.15. The molecule has 0 saturated carbocycles. The smallest absolute Gasteiger partial charge is 0.0663 e. The average Bonchev–Trinajstić information content (AvgIpc) is 2.70. The number of para-hydroxylation sites is 1. The predicted octanol–water partition coefficient (Wildman–Crippen LogP) is 4.66. The summed E-state index contributed by atoms with van der Waals surface area (Å²) in [6.07, 6.45) is 1.01. The number of nitrogens with zero attached hydrogens (tertiary/aromatic N) is 1. The fraction of sp³-hybridized carbons (Fsp3) is 0.200. The lowest BCUT2D eigenvalue weighted by Crippen LogP contribution is -2.24. The van der Waals surface area contributed by atoms with Crippen LogP contribution in [0.2, 0.25) is 10.0 Å². The van der Waals surface area contributed by atoms with Crippen molar-refractivity contribution in [3.05, 3.63) is 52.0 Å². The maximum absolute atomic E-state index is 6.12. The third kappa shape index (κ3) is 2.05. The summed E-state index contributed by atoms with van der Waals surface area (Å²) < 4.78 is 0. The standard InChI is InChI=1S/C15H14Cl2N2/c1-9-6-10-4-2-3-5-14(10)19(9)15-8-12(17)11(16)7-13(15)18/h2-5,7-9H,6,18H2,1H3. The van der Waals surface area contributed by atoms with Gasteiger partial charge in [0.15, 0.2) is 0 Å². The molecule has 2 aromatic rings. The van der Waals surface area contributed by atoms with Gasteiger partial charge in [0, 0.05) is 11.7 Å². The van der Waals surface area contributed by atoms with Crippen LogP contribution in [0.5, 0.6) is 0 Å². The van der Waals surface area contributed by atoms with E-state index in [1.807, 2.05) is 12.1 Å². The van der Waals surface area contributed by atoms with Crippen LogP contribution < -0.4 is 10.6 Å². The molecule has 1 unspecified atom stereocenters. The van der Waals surface area contributed by atoms with Crippen molar-refractivity contribution < 1.29 is 0 Å². The fourth-order valence-electron chi connectivity index (χ4n) is 2.69. The molecular formula is C15H14Cl2N2. The maximum atomic E-state index is 6.12. The summed E-state index contributed by atoms with van der Waals surface area (Å²) in [6.45, 7) is 2.18. The largest absolute Gasteiger partial charge is 0.397 e. The maximum Gasteiger partial charge on any atom is 0.0663 e. The molecule has 0 aliphatic carbocycles. The Morgan fingerprint density at radius 3 is 2.58 bits per heavy atom. The van der Waals surface area contributed by atoms with Crippen LogP contribution in [-0.4, -0.2) is 6.04 Å². The van der Waals surface area contributed by atoms with E-state index < -0.39 is 0 Å². The number of rotatable bonds is 1. The molecule has 98 valence electrons. The first-order valence-electron chi connectivity index (χ1n) is 6.19. The summed E-state index contributed by atoms with van der Waals surface area (Å²) in [5.74, 6) is 0. The Bertz CT molecular complexity index is 640. The second kappa shape index (κ2) is 4.62. The molecule has 2 aromatic carbocycles. The molecule has 2 nitrogen and oxygen atoms in total. The minimum absolute atomic E-state index is 0.358. The van der Waals surface area contributed by atoms with Gasteiger partial charge in [-0.25, -0.2) is 0 Å². The van der Waals surface area contributed by atoms with E-state index >= 15 is 0 Å². The fourth-order valence-corrected chi connectivity index (χ4v) is 3.02. The van der Waals surface area contributed by atoms with Crippen molar-refractivity contribution in [2.24, 2.45) is 0 Å². The summed E-state index contributed by atoms with van der Waals surface area (Å²) in [5.41, 5.74) is 10.2. The Labute approximate surface area is 122 Å². The van der Waals surface area contributed by atoms with Crippen molar-refractivity contribution in [2.45, 2.75) is 19.4 Å². The minimum Gasteiger partial charge on any atom is -0.397 e. The molecule has 1 aliphatic rings. The molecule has 0 aromatic heterocycles. The highest BCUT2D eigenvalue weighted by atomic mass is 35.5. The van der Waals surface area contributed by atoms with Crippen molar-refractivity contribution in [1.29, 1.82) is 0 Å². The molecule has 0 fully saturated rings. The van der Waals surface area contributed by atoms with Gasteiger partial charge in [-0.1, -0.05) is 41.4 Å². The molecule has 0 radical (unpaired) electrons. The summed E-state index contributed by atoms with van der Waals surface area (Å²) in [4.78, 5) is 2.23. The van der Waals surface area contributed by atoms with Crippen LogP contribution in [0.3, 0.4) is 0 Å². The predicted molar refractivity (Wildman–Crippen MR) is 82.6 cm³/mol. The highest BCUT2D eigenvalue weighted by Crippen LogP contribution is 2.42. The number of nitrogen functional groups attached to an aromatic ring is 1. The lowest BCUT2D eigenvalue weighted by molar-refractivity contribution is 0.760. The second-order valence-electron chi connectivity index (χ2n) is 4.88. The van der Waals surface area contributed by atoms with E-state index in [1.54, 1.807) is 6.07 Å². The van der Waals surface area contributed by atoms with Crippen LogP contribution in [0.25, 0.3) is 0 Å². The number of anilines is 3. The Hall–Kier alpha value is -1.38. The first kappa shape index (κ1) is 12.6. The SMILES string of the molecule is CC1Cc2ccccc2N1c1cc(Cl)c(Cl)cc1N. The van der Waals surface area contributed by atoms with Crippen molar-refractivity contribution in [3.8, 4) is 0 Å². The lowest BCUT2D eigenvalue weighted by atomic mass is 10.1. The lowest BCUT2D eigenvalue weighted by Gasteiger charge is -2.26. The van der Waals surface area contributed by atoms with E-state index in [0.717, 1.165) is 12.1 Å². The number of hydrogen-bond acceptors (Lipinski definition) is 2. The van der Waals surface area contributed by atoms with Gasteiger partial charge in [-0.15, -0.1) is 0 Å². The minimum atomic E-state index is 0.358. The van der Waals surface area contributed by atoms with E-state index in [0.29, 0.717) is 21.8 Å². The van der Waals surface area contributed by atoms with E-state index in [9.17, 15) is 0 Å². The highest BCUT2D eigenvalue weighted by Gasteiger charge is 2.28. The topological polar surface area (TPSA) is 29.3 Å². The van der Waals surface area contributed by atoms with Crippen LogP contribution in [0.4, 0.5) is 17.1 Å². The molecule has 2 N–H and O–H groups in total.